The van der Waals surface area contributed by atoms with Crippen molar-refractivity contribution in [2.75, 3.05) is 13.7 Å². The molecule has 0 spiro atoms. The Morgan fingerprint density at radius 1 is 1.50 bits per heavy atom. The minimum Gasteiger partial charge on any atom is -0.463 e. The molecule has 4 heteroatoms. The molecular weight excluding hydrogens is 226 g/mol. The number of methoxy groups -OCH3 is 1. The standard InChI is InChI=1S/C12H14ClNO2/c1-8-4-5-9-10(6-8)16-12(2,7-15-3)14-11(9)13/h4-6H,7H2,1-3H3. The van der Waals surface area contributed by atoms with Crippen molar-refractivity contribution in [1.82, 2.24) is 0 Å². The lowest BCUT2D eigenvalue weighted by Crippen LogP contribution is -2.38. The summed E-state index contributed by atoms with van der Waals surface area (Å²) in [4.78, 5) is 4.31. The summed E-state index contributed by atoms with van der Waals surface area (Å²) >= 11 is 6.13. The van der Waals surface area contributed by atoms with Crippen LogP contribution in [0.3, 0.4) is 0 Å². The second-order valence-corrected chi connectivity index (χ2v) is 4.47. The summed E-state index contributed by atoms with van der Waals surface area (Å²) in [5, 5.41) is 0.473. The van der Waals surface area contributed by atoms with E-state index in [4.69, 9.17) is 21.1 Å². The number of hydrogen-bond acceptors (Lipinski definition) is 3. The molecule has 1 aliphatic rings. The van der Waals surface area contributed by atoms with Gasteiger partial charge in [-0.05, 0) is 31.5 Å². The normalized spacial score (nSPS) is 23.4. The Morgan fingerprint density at radius 2 is 2.25 bits per heavy atom. The molecule has 1 aromatic carbocycles. The van der Waals surface area contributed by atoms with Gasteiger partial charge in [0.05, 0.1) is 5.56 Å². The Balaban J connectivity index is 2.43. The first-order chi connectivity index (χ1) is 7.54. The first-order valence-corrected chi connectivity index (χ1v) is 5.46. The molecule has 0 bridgehead atoms. The minimum atomic E-state index is -0.730. The molecule has 16 heavy (non-hydrogen) atoms. The van der Waals surface area contributed by atoms with Crippen LogP contribution in [0.2, 0.25) is 0 Å². The molecule has 0 saturated heterocycles. The summed E-state index contributed by atoms with van der Waals surface area (Å²) in [6, 6.07) is 5.86. The topological polar surface area (TPSA) is 30.8 Å². The third-order valence-corrected chi connectivity index (χ3v) is 2.72. The molecule has 0 fully saturated rings. The van der Waals surface area contributed by atoms with Crippen molar-refractivity contribution in [3.8, 4) is 5.75 Å². The van der Waals surface area contributed by atoms with Crippen LogP contribution in [0.15, 0.2) is 23.2 Å². The highest BCUT2D eigenvalue weighted by atomic mass is 35.5. The Bertz CT molecular complexity index is 445. The molecule has 86 valence electrons. The third-order valence-electron chi connectivity index (χ3n) is 2.44. The molecule has 0 aliphatic carbocycles. The molecule has 1 aliphatic heterocycles. The Morgan fingerprint density at radius 3 is 2.94 bits per heavy atom. The van der Waals surface area contributed by atoms with E-state index in [-0.39, 0.29) is 0 Å². The summed E-state index contributed by atoms with van der Waals surface area (Å²) in [6.45, 7) is 4.23. The van der Waals surface area contributed by atoms with Gasteiger partial charge in [0.1, 0.15) is 17.5 Å². The molecule has 0 saturated carbocycles. The fourth-order valence-corrected chi connectivity index (χ4v) is 2.08. The molecule has 1 unspecified atom stereocenters. The van der Waals surface area contributed by atoms with Crippen molar-refractivity contribution in [2.24, 2.45) is 4.99 Å². The van der Waals surface area contributed by atoms with Gasteiger partial charge in [-0.15, -0.1) is 0 Å². The fraction of sp³-hybridized carbons (Fsp3) is 0.417. The molecule has 0 amide bonds. The lowest BCUT2D eigenvalue weighted by atomic mass is 10.1. The van der Waals surface area contributed by atoms with E-state index in [1.165, 1.54) is 0 Å². The predicted octanol–water partition coefficient (Wildman–Crippen LogP) is 2.74. The summed E-state index contributed by atoms with van der Waals surface area (Å²) < 4.78 is 10.9. The van der Waals surface area contributed by atoms with Crippen LogP contribution in [0.25, 0.3) is 0 Å². The van der Waals surface area contributed by atoms with Crippen molar-refractivity contribution in [3.05, 3.63) is 29.3 Å². The third kappa shape index (κ3) is 2.06. The van der Waals surface area contributed by atoms with Crippen LogP contribution in [-0.2, 0) is 4.74 Å². The molecule has 1 heterocycles. The van der Waals surface area contributed by atoms with Gasteiger partial charge in [0.2, 0.25) is 5.72 Å². The molecule has 0 aromatic heterocycles. The van der Waals surface area contributed by atoms with Crippen LogP contribution >= 0.6 is 11.6 Å². The summed E-state index contributed by atoms with van der Waals surface area (Å²) in [6.07, 6.45) is 0. The van der Waals surface area contributed by atoms with Crippen LogP contribution in [0.4, 0.5) is 0 Å². The highest BCUT2D eigenvalue weighted by Gasteiger charge is 2.32. The Labute approximate surface area is 100 Å². The highest BCUT2D eigenvalue weighted by Crippen LogP contribution is 2.32. The SMILES string of the molecule is COCC1(C)N=C(Cl)c2ccc(C)cc2O1. The van der Waals surface area contributed by atoms with Crippen molar-refractivity contribution in [2.45, 2.75) is 19.6 Å². The number of benzene rings is 1. The Hall–Kier alpha value is -1.06. The monoisotopic (exact) mass is 239 g/mol. The number of fused-ring (bicyclic) bond motifs is 1. The number of halogens is 1. The largest absolute Gasteiger partial charge is 0.463 e. The molecule has 0 N–H and O–H groups in total. The molecule has 2 rings (SSSR count). The molecule has 0 radical (unpaired) electrons. The van der Waals surface area contributed by atoms with Gasteiger partial charge in [-0.2, -0.15) is 0 Å². The van der Waals surface area contributed by atoms with Gasteiger partial charge in [0.15, 0.2) is 0 Å². The maximum Gasteiger partial charge on any atom is 0.222 e. The van der Waals surface area contributed by atoms with Gasteiger partial charge in [-0.3, -0.25) is 0 Å². The second-order valence-electron chi connectivity index (χ2n) is 4.11. The van der Waals surface area contributed by atoms with Gasteiger partial charge < -0.3 is 9.47 Å². The van der Waals surface area contributed by atoms with E-state index in [9.17, 15) is 0 Å². The van der Waals surface area contributed by atoms with E-state index in [2.05, 4.69) is 4.99 Å². The molecular formula is C12H14ClNO2. The van der Waals surface area contributed by atoms with Crippen LogP contribution in [0.1, 0.15) is 18.1 Å². The zero-order valence-corrected chi connectivity index (χ0v) is 10.3. The number of hydrogen-bond donors (Lipinski definition) is 0. The summed E-state index contributed by atoms with van der Waals surface area (Å²) in [7, 11) is 1.61. The summed E-state index contributed by atoms with van der Waals surface area (Å²) in [5.41, 5.74) is 1.23. The van der Waals surface area contributed by atoms with E-state index >= 15 is 0 Å². The van der Waals surface area contributed by atoms with Gasteiger partial charge in [-0.25, -0.2) is 4.99 Å². The zero-order chi connectivity index (χ0) is 11.8. The van der Waals surface area contributed by atoms with E-state index < -0.39 is 5.72 Å². The first kappa shape index (κ1) is 11.4. The predicted molar refractivity (Wildman–Crippen MR) is 64.5 cm³/mol. The lowest BCUT2D eigenvalue weighted by Gasteiger charge is -2.31. The van der Waals surface area contributed by atoms with Crippen molar-refractivity contribution in [1.29, 1.82) is 0 Å². The maximum atomic E-state index is 6.13. The number of ether oxygens (including phenoxy) is 2. The van der Waals surface area contributed by atoms with Crippen LogP contribution < -0.4 is 4.74 Å². The number of rotatable bonds is 2. The van der Waals surface area contributed by atoms with E-state index in [1.807, 2.05) is 32.0 Å². The zero-order valence-electron chi connectivity index (χ0n) is 9.58. The van der Waals surface area contributed by atoms with Crippen molar-refractivity contribution >= 4 is 16.8 Å². The molecule has 3 nitrogen and oxygen atoms in total. The van der Waals surface area contributed by atoms with Gasteiger partial charge in [0, 0.05) is 7.11 Å². The quantitative estimate of drug-likeness (QED) is 0.795. The lowest BCUT2D eigenvalue weighted by molar-refractivity contribution is 0.00850. The van der Waals surface area contributed by atoms with Crippen LogP contribution in [-0.4, -0.2) is 24.6 Å². The van der Waals surface area contributed by atoms with Gasteiger partial charge in [0.25, 0.3) is 0 Å². The maximum absolute atomic E-state index is 6.13. The second kappa shape index (κ2) is 4.07. The van der Waals surface area contributed by atoms with E-state index in [1.54, 1.807) is 7.11 Å². The first-order valence-electron chi connectivity index (χ1n) is 5.08. The van der Waals surface area contributed by atoms with E-state index in [0.29, 0.717) is 11.8 Å². The number of aliphatic imine (C=N–C) groups is 1. The number of aryl methyl sites for hydroxylation is 1. The summed E-state index contributed by atoms with van der Waals surface area (Å²) in [5.74, 6) is 0.763. The number of nitrogens with zero attached hydrogens (tertiary/aromatic N) is 1. The minimum absolute atomic E-state index is 0.372. The smallest absolute Gasteiger partial charge is 0.222 e. The van der Waals surface area contributed by atoms with Gasteiger partial charge >= 0.3 is 0 Å². The molecule has 1 atom stereocenters. The highest BCUT2D eigenvalue weighted by molar-refractivity contribution is 6.70. The van der Waals surface area contributed by atoms with Gasteiger partial charge in [-0.1, -0.05) is 17.7 Å². The van der Waals surface area contributed by atoms with Crippen molar-refractivity contribution in [3.63, 3.8) is 0 Å². The van der Waals surface area contributed by atoms with Crippen molar-refractivity contribution < 1.29 is 9.47 Å². The molecule has 1 aromatic rings. The Kier molecular flexibility index (Phi) is 2.91. The average Bonchev–Trinajstić information content (AvgIpc) is 2.15. The van der Waals surface area contributed by atoms with E-state index in [0.717, 1.165) is 16.9 Å². The van der Waals surface area contributed by atoms with Crippen LogP contribution in [0.5, 0.6) is 5.75 Å². The average molecular weight is 240 g/mol. The van der Waals surface area contributed by atoms with Crippen LogP contribution in [0, 0.1) is 6.92 Å². The fourth-order valence-electron chi connectivity index (χ4n) is 1.74.